The second kappa shape index (κ2) is 7.12. The molecule has 0 saturated heterocycles. The van der Waals surface area contributed by atoms with E-state index in [0.29, 0.717) is 19.4 Å². The number of carboxylic acid groups (broad SMARTS) is 1. The van der Waals surface area contributed by atoms with Crippen molar-refractivity contribution in [2.45, 2.75) is 26.7 Å². The minimum absolute atomic E-state index is 0.129. The number of allylic oxidation sites excluding steroid dienone is 1. The summed E-state index contributed by atoms with van der Waals surface area (Å²) in [6.07, 6.45) is 4.39. The summed E-state index contributed by atoms with van der Waals surface area (Å²) in [6, 6.07) is 0. The zero-order valence-electron chi connectivity index (χ0n) is 8.62. The maximum absolute atomic E-state index is 10.9. The lowest BCUT2D eigenvalue weighted by Gasteiger charge is -2.05. The third-order valence-corrected chi connectivity index (χ3v) is 1.85. The first kappa shape index (κ1) is 12.7. The molecule has 4 heteroatoms. The Morgan fingerprint density at radius 2 is 2.14 bits per heavy atom. The molecule has 1 atom stereocenters. The summed E-state index contributed by atoms with van der Waals surface area (Å²) in [4.78, 5) is 21.3. The van der Waals surface area contributed by atoms with Crippen LogP contribution in [-0.2, 0) is 9.59 Å². The van der Waals surface area contributed by atoms with Crippen LogP contribution in [0, 0.1) is 5.92 Å². The van der Waals surface area contributed by atoms with Gasteiger partial charge in [-0.15, -0.1) is 0 Å². The summed E-state index contributed by atoms with van der Waals surface area (Å²) in [5.41, 5.74) is 0. The molecule has 0 radical (unpaired) electrons. The van der Waals surface area contributed by atoms with Crippen LogP contribution in [0.3, 0.4) is 0 Å². The molecular weight excluding hydrogens is 182 g/mol. The van der Waals surface area contributed by atoms with E-state index in [1.165, 1.54) is 6.08 Å². The molecule has 0 aliphatic rings. The summed E-state index contributed by atoms with van der Waals surface area (Å²) < 4.78 is 0. The van der Waals surface area contributed by atoms with Crippen molar-refractivity contribution in [1.29, 1.82) is 0 Å². The number of hydrogen-bond acceptors (Lipinski definition) is 2. The van der Waals surface area contributed by atoms with Gasteiger partial charge in [0.15, 0.2) is 0 Å². The van der Waals surface area contributed by atoms with Crippen LogP contribution >= 0.6 is 0 Å². The largest absolute Gasteiger partial charge is 0.481 e. The van der Waals surface area contributed by atoms with Crippen LogP contribution in [0.4, 0.5) is 0 Å². The molecule has 1 amide bonds. The molecule has 0 spiro atoms. The molecule has 14 heavy (non-hydrogen) atoms. The highest BCUT2D eigenvalue weighted by Gasteiger charge is 2.09. The number of aliphatic carboxylic acids is 1. The zero-order chi connectivity index (χ0) is 11.0. The monoisotopic (exact) mass is 199 g/mol. The standard InChI is InChI=1S/C10H17NO3/c1-3-5-9(12)11-7-4-6-8(2)10(13)14/h3,5,8H,4,6-7H2,1-2H3,(H,11,12)(H,13,14)/b5-3+. The smallest absolute Gasteiger partial charge is 0.306 e. The summed E-state index contributed by atoms with van der Waals surface area (Å²) >= 11 is 0. The Labute approximate surface area is 84.0 Å². The number of rotatable bonds is 6. The van der Waals surface area contributed by atoms with Crippen LogP contribution in [0.25, 0.3) is 0 Å². The van der Waals surface area contributed by atoms with E-state index in [1.54, 1.807) is 19.9 Å². The van der Waals surface area contributed by atoms with E-state index in [9.17, 15) is 9.59 Å². The molecule has 0 aromatic carbocycles. The number of hydrogen-bond donors (Lipinski definition) is 2. The second-order valence-corrected chi connectivity index (χ2v) is 3.17. The third kappa shape index (κ3) is 6.22. The van der Waals surface area contributed by atoms with Crippen LogP contribution in [0.1, 0.15) is 26.7 Å². The minimum atomic E-state index is -0.787. The molecule has 80 valence electrons. The third-order valence-electron chi connectivity index (χ3n) is 1.85. The van der Waals surface area contributed by atoms with Gasteiger partial charge in [-0.25, -0.2) is 0 Å². The first-order valence-corrected chi connectivity index (χ1v) is 4.71. The average Bonchev–Trinajstić information content (AvgIpc) is 2.12. The average molecular weight is 199 g/mol. The van der Waals surface area contributed by atoms with Crippen LogP contribution in [0.5, 0.6) is 0 Å². The lowest BCUT2D eigenvalue weighted by atomic mass is 10.1. The lowest BCUT2D eigenvalue weighted by Crippen LogP contribution is -2.23. The van der Waals surface area contributed by atoms with Gasteiger partial charge in [0.1, 0.15) is 0 Å². The minimum Gasteiger partial charge on any atom is -0.481 e. The summed E-state index contributed by atoms with van der Waals surface area (Å²) in [6.45, 7) is 3.96. The van der Waals surface area contributed by atoms with E-state index in [-0.39, 0.29) is 11.8 Å². The van der Waals surface area contributed by atoms with E-state index in [4.69, 9.17) is 5.11 Å². The lowest BCUT2D eigenvalue weighted by molar-refractivity contribution is -0.141. The molecule has 0 aliphatic carbocycles. The number of carbonyl (C=O) groups is 2. The number of carbonyl (C=O) groups excluding carboxylic acids is 1. The molecule has 0 heterocycles. The Morgan fingerprint density at radius 3 is 2.64 bits per heavy atom. The quantitative estimate of drug-likeness (QED) is 0.498. The van der Waals surface area contributed by atoms with E-state index in [2.05, 4.69) is 5.32 Å². The number of carboxylic acids is 1. The van der Waals surface area contributed by atoms with Gasteiger partial charge in [-0.3, -0.25) is 9.59 Å². The van der Waals surface area contributed by atoms with Crippen LogP contribution in [0.15, 0.2) is 12.2 Å². The van der Waals surface area contributed by atoms with Crippen molar-refractivity contribution in [3.63, 3.8) is 0 Å². The molecular formula is C10H17NO3. The predicted molar refractivity (Wildman–Crippen MR) is 53.9 cm³/mol. The maximum Gasteiger partial charge on any atom is 0.306 e. The Bertz CT molecular complexity index is 223. The van der Waals surface area contributed by atoms with Crippen molar-refractivity contribution in [1.82, 2.24) is 5.32 Å². The van der Waals surface area contributed by atoms with E-state index < -0.39 is 5.97 Å². The molecule has 0 aromatic heterocycles. The Hall–Kier alpha value is -1.32. The van der Waals surface area contributed by atoms with Gasteiger partial charge >= 0.3 is 5.97 Å². The van der Waals surface area contributed by atoms with Gasteiger partial charge in [-0.05, 0) is 25.8 Å². The highest BCUT2D eigenvalue weighted by Crippen LogP contribution is 2.03. The van der Waals surface area contributed by atoms with E-state index in [1.807, 2.05) is 0 Å². The van der Waals surface area contributed by atoms with Crippen molar-refractivity contribution in [3.05, 3.63) is 12.2 Å². The van der Waals surface area contributed by atoms with Crippen molar-refractivity contribution in [2.75, 3.05) is 6.54 Å². The van der Waals surface area contributed by atoms with Gasteiger partial charge in [0.2, 0.25) is 5.91 Å². The molecule has 0 fully saturated rings. The fourth-order valence-corrected chi connectivity index (χ4v) is 0.954. The van der Waals surface area contributed by atoms with E-state index in [0.717, 1.165) is 0 Å². The van der Waals surface area contributed by atoms with E-state index >= 15 is 0 Å². The van der Waals surface area contributed by atoms with Gasteiger partial charge in [-0.2, -0.15) is 0 Å². The fourth-order valence-electron chi connectivity index (χ4n) is 0.954. The van der Waals surface area contributed by atoms with Gasteiger partial charge in [-0.1, -0.05) is 13.0 Å². The van der Waals surface area contributed by atoms with Crippen molar-refractivity contribution < 1.29 is 14.7 Å². The topological polar surface area (TPSA) is 66.4 Å². The second-order valence-electron chi connectivity index (χ2n) is 3.17. The summed E-state index contributed by atoms with van der Waals surface area (Å²) in [5, 5.41) is 11.2. The van der Waals surface area contributed by atoms with Crippen LogP contribution in [-0.4, -0.2) is 23.5 Å². The zero-order valence-corrected chi connectivity index (χ0v) is 8.62. The van der Waals surface area contributed by atoms with Crippen molar-refractivity contribution >= 4 is 11.9 Å². The van der Waals surface area contributed by atoms with Gasteiger partial charge in [0.25, 0.3) is 0 Å². The molecule has 4 nitrogen and oxygen atoms in total. The Kier molecular flexibility index (Phi) is 6.45. The normalized spacial score (nSPS) is 12.7. The molecule has 1 unspecified atom stereocenters. The van der Waals surface area contributed by atoms with Crippen LogP contribution < -0.4 is 5.32 Å². The SMILES string of the molecule is C/C=C/C(=O)NCCCC(C)C(=O)O. The molecule has 0 aliphatic heterocycles. The molecule has 0 bridgehead atoms. The fraction of sp³-hybridized carbons (Fsp3) is 0.600. The molecule has 2 N–H and O–H groups in total. The van der Waals surface area contributed by atoms with Gasteiger partial charge in [0.05, 0.1) is 5.92 Å². The number of amides is 1. The van der Waals surface area contributed by atoms with Gasteiger partial charge in [0, 0.05) is 6.54 Å². The summed E-state index contributed by atoms with van der Waals surface area (Å²) in [7, 11) is 0. The summed E-state index contributed by atoms with van der Waals surface area (Å²) in [5.74, 6) is -1.26. The molecule has 0 saturated carbocycles. The van der Waals surface area contributed by atoms with Crippen molar-refractivity contribution in [3.8, 4) is 0 Å². The highest BCUT2D eigenvalue weighted by molar-refractivity contribution is 5.87. The molecule has 0 aromatic rings. The van der Waals surface area contributed by atoms with Gasteiger partial charge < -0.3 is 10.4 Å². The van der Waals surface area contributed by atoms with Crippen LogP contribution in [0.2, 0.25) is 0 Å². The predicted octanol–water partition coefficient (Wildman–Crippen LogP) is 1.18. The number of nitrogens with one attached hydrogen (secondary N) is 1. The van der Waals surface area contributed by atoms with Crippen molar-refractivity contribution in [2.24, 2.45) is 5.92 Å². The first-order valence-electron chi connectivity index (χ1n) is 4.71. The Balaban J connectivity index is 3.47. The first-order chi connectivity index (χ1) is 6.57. The Morgan fingerprint density at radius 1 is 1.50 bits per heavy atom. The molecule has 0 rings (SSSR count). The highest BCUT2D eigenvalue weighted by atomic mass is 16.4. The maximum atomic E-state index is 10.9.